The molecule has 0 aliphatic heterocycles. The highest BCUT2D eigenvalue weighted by molar-refractivity contribution is 6.11. The predicted octanol–water partition coefficient (Wildman–Crippen LogP) is 24.6. The maximum atomic E-state index is 5.18. The zero-order chi connectivity index (χ0) is 81.8. The molecule has 0 radical (unpaired) electrons. The summed E-state index contributed by atoms with van der Waals surface area (Å²) in [5.41, 5.74) is 25.1. The molecule has 12 aromatic heterocycles. The summed E-state index contributed by atoms with van der Waals surface area (Å²) in [5, 5.41) is 8.42. The lowest BCUT2D eigenvalue weighted by molar-refractivity contribution is 1.04. The number of nitrogens with zero attached hydrogens (tertiary/aromatic N) is 16. The normalized spacial score (nSPS) is 11.3. The maximum Gasteiger partial charge on any atom is 0.182 e. The van der Waals surface area contributed by atoms with E-state index in [0.29, 0.717) is 34.8 Å². The fraction of sp³-hybridized carbons (Fsp3) is 0.0377. The quantitative estimate of drug-likeness (QED) is 0.0984. The Hall–Kier alpha value is -16.5. The molecule has 0 aliphatic carbocycles. The SMILES string of the molecule is CCc1cc(-c2nc(-c3ccccc3)nc(-c3ccccn3)n2)c2ccc3ccc(-c4ccccc4)nc3c2n1.Cc1cc(-c2cc(-c3ccccc3)nc(-c3ccccn3)n2)c2ccc3ccc(-c4ccc5ccccc5c4)nc3c2n1.Cc1cc(-c2nc(-c3ccccc3)cc(-c3ccccn3)n2)c2ccc3ccc(-c4ccccc4)nc3c2n1. The first-order valence-corrected chi connectivity index (χ1v) is 40.4. The van der Waals surface area contributed by atoms with Crippen molar-refractivity contribution in [3.8, 4) is 136 Å². The Morgan fingerprint density at radius 1 is 0.189 bits per heavy atom. The van der Waals surface area contributed by atoms with Crippen LogP contribution in [0.15, 0.2) is 370 Å². The highest BCUT2D eigenvalue weighted by atomic mass is 15.0. The molecule has 22 rings (SSSR count). The van der Waals surface area contributed by atoms with Gasteiger partial charge in [0, 0.05) is 118 Å². The molecule has 0 unspecified atom stereocenters. The van der Waals surface area contributed by atoms with Crippen LogP contribution in [0.4, 0.5) is 0 Å². The van der Waals surface area contributed by atoms with Crippen LogP contribution in [-0.2, 0) is 6.42 Å². The number of fused-ring (bicyclic) bond motifs is 10. The molecule has 0 atom stereocenters. The lowest BCUT2D eigenvalue weighted by atomic mass is 10.00. The topological polar surface area (TPSA) is 206 Å². The average Bonchev–Trinajstić information content (AvgIpc) is 0.760. The van der Waals surface area contributed by atoms with Crippen LogP contribution < -0.4 is 0 Å². The van der Waals surface area contributed by atoms with Gasteiger partial charge in [0.05, 0.1) is 78.7 Å². The molecule has 16 nitrogen and oxygen atoms in total. The summed E-state index contributed by atoms with van der Waals surface area (Å²) in [4.78, 5) is 78.7. The van der Waals surface area contributed by atoms with Gasteiger partial charge >= 0.3 is 0 Å². The van der Waals surface area contributed by atoms with Gasteiger partial charge in [0.25, 0.3) is 0 Å². The summed E-state index contributed by atoms with van der Waals surface area (Å²) < 4.78 is 0. The third-order valence-corrected chi connectivity index (χ3v) is 21.5. The van der Waals surface area contributed by atoms with Crippen LogP contribution in [0.3, 0.4) is 0 Å². The van der Waals surface area contributed by atoms with Crippen LogP contribution in [0.25, 0.3) is 212 Å². The number of benzene rings is 10. The molecule has 0 saturated carbocycles. The van der Waals surface area contributed by atoms with E-state index in [1.165, 1.54) is 10.8 Å². The number of rotatable bonds is 13. The van der Waals surface area contributed by atoms with Crippen molar-refractivity contribution in [2.45, 2.75) is 27.2 Å². The summed E-state index contributed by atoms with van der Waals surface area (Å²) in [5.74, 6) is 2.91. The zero-order valence-corrected chi connectivity index (χ0v) is 66.6. The molecule has 12 heterocycles. The summed E-state index contributed by atoms with van der Waals surface area (Å²) in [7, 11) is 0. The van der Waals surface area contributed by atoms with E-state index in [9.17, 15) is 0 Å². The summed E-state index contributed by atoms with van der Waals surface area (Å²) in [6.45, 7) is 6.13. The first-order chi connectivity index (χ1) is 60.2. The van der Waals surface area contributed by atoms with Crippen LogP contribution in [0, 0.1) is 13.8 Å². The molecule has 0 saturated heterocycles. The molecule has 10 aromatic carbocycles. The molecule has 16 heteroatoms. The van der Waals surface area contributed by atoms with Gasteiger partial charge in [-0.3, -0.25) is 29.9 Å². The van der Waals surface area contributed by atoms with Gasteiger partial charge in [-0.2, -0.15) is 0 Å². The van der Waals surface area contributed by atoms with Crippen molar-refractivity contribution in [1.29, 1.82) is 0 Å². The number of hydrogen-bond acceptors (Lipinski definition) is 16. The first kappa shape index (κ1) is 74.4. The lowest BCUT2D eigenvalue weighted by Crippen LogP contribution is -2.02. The molecule has 0 aliphatic rings. The number of pyridine rings is 9. The van der Waals surface area contributed by atoms with Crippen LogP contribution >= 0.6 is 0 Å². The monoisotopic (exact) mass is 1570 g/mol. The molecular weight excluding hydrogens is 1500 g/mol. The highest BCUT2D eigenvalue weighted by Gasteiger charge is 2.23. The van der Waals surface area contributed by atoms with Gasteiger partial charge in [0.1, 0.15) is 11.4 Å². The molecule has 0 amide bonds. The van der Waals surface area contributed by atoms with Gasteiger partial charge in [-0.05, 0) is 122 Å². The van der Waals surface area contributed by atoms with Crippen molar-refractivity contribution in [3.63, 3.8) is 0 Å². The second-order valence-electron chi connectivity index (χ2n) is 29.6. The second kappa shape index (κ2) is 32.9. The van der Waals surface area contributed by atoms with Crippen molar-refractivity contribution in [2.24, 2.45) is 0 Å². The number of aryl methyl sites for hydroxylation is 3. The number of aromatic nitrogens is 16. The molecular formula is C106H72N16. The van der Waals surface area contributed by atoms with Gasteiger partial charge in [-0.25, -0.2) is 49.8 Å². The van der Waals surface area contributed by atoms with Crippen molar-refractivity contribution >= 4 is 76.2 Å². The lowest BCUT2D eigenvalue weighted by Gasteiger charge is -2.13. The minimum Gasteiger partial charge on any atom is -0.255 e. The Bertz CT molecular complexity index is 7500. The van der Waals surface area contributed by atoms with E-state index in [-0.39, 0.29) is 0 Å². The summed E-state index contributed by atoms with van der Waals surface area (Å²) in [6, 6.07) is 119. The van der Waals surface area contributed by atoms with E-state index < -0.39 is 0 Å². The minimum atomic E-state index is 0.526. The predicted molar refractivity (Wildman–Crippen MR) is 491 cm³/mol. The molecule has 576 valence electrons. The van der Waals surface area contributed by atoms with E-state index in [1.807, 2.05) is 178 Å². The summed E-state index contributed by atoms with van der Waals surface area (Å²) >= 11 is 0. The Kier molecular flexibility index (Phi) is 20.1. The average molecular weight is 1570 g/mol. The highest BCUT2D eigenvalue weighted by Crippen LogP contribution is 2.40. The third-order valence-electron chi connectivity index (χ3n) is 21.5. The maximum absolute atomic E-state index is 5.18. The minimum absolute atomic E-state index is 0.526. The van der Waals surface area contributed by atoms with Crippen molar-refractivity contribution in [3.05, 3.63) is 388 Å². The Labute approximate surface area is 702 Å². The second-order valence-corrected chi connectivity index (χ2v) is 29.6. The van der Waals surface area contributed by atoms with Gasteiger partial charge in [-0.1, -0.05) is 268 Å². The standard InChI is InChI=1S/C38H25N5.C34H24N6.C34H23N5/c1-24-21-31(35-23-34(26-10-3-2-4-11-26)42-38(43-35)33-13-7-8-20-39-33)30-18-16-27-17-19-32(41-36(27)37(30)40-24)29-15-14-25-9-5-6-12-28(25)22-29;1-2-25-21-27(26-18-16-23-17-19-28(22-11-5-3-6-12-22)37-30(23)31(26)36-25)33-38-32(24-13-7-4-8-14-24)39-34(40-33)29-15-9-10-20-35-29;1-22-20-27(26-17-15-25-16-18-28(23-10-4-2-5-11-23)37-32(25)33(26)36-22)34-38-30(24-12-6-3-7-13-24)21-31(39-34)29-14-8-9-19-35-29/h2-23H,1H3;3-21H,2H2,1H3;2-21H,1H3. The molecule has 0 bridgehead atoms. The van der Waals surface area contributed by atoms with Gasteiger partial charge < -0.3 is 0 Å². The summed E-state index contributed by atoms with van der Waals surface area (Å²) in [6.07, 6.45) is 6.07. The van der Waals surface area contributed by atoms with E-state index >= 15 is 0 Å². The van der Waals surface area contributed by atoms with Crippen molar-refractivity contribution in [2.75, 3.05) is 0 Å². The first-order valence-electron chi connectivity index (χ1n) is 40.4. The third kappa shape index (κ3) is 15.2. The smallest absolute Gasteiger partial charge is 0.182 e. The number of hydrogen-bond donors (Lipinski definition) is 0. The zero-order valence-electron chi connectivity index (χ0n) is 66.6. The van der Waals surface area contributed by atoms with E-state index in [4.69, 9.17) is 64.8 Å². The van der Waals surface area contributed by atoms with Gasteiger partial charge in [-0.15, -0.1) is 0 Å². The fourth-order valence-electron chi connectivity index (χ4n) is 15.5. The fourth-order valence-corrected chi connectivity index (χ4v) is 15.5. The van der Waals surface area contributed by atoms with Crippen LogP contribution in [0.5, 0.6) is 0 Å². The van der Waals surface area contributed by atoms with Crippen LogP contribution in [-0.4, -0.2) is 79.7 Å². The molecule has 0 spiro atoms. The van der Waals surface area contributed by atoms with Crippen molar-refractivity contribution < 1.29 is 0 Å². The van der Waals surface area contributed by atoms with E-state index in [0.717, 1.165) is 190 Å². The molecule has 0 fully saturated rings. The van der Waals surface area contributed by atoms with Crippen LogP contribution in [0.2, 0.25) is 0 Å². The Morgan fingerprint density at radius 2 is 0.549 bits per heavy atom. The van der Waals surface area contributed by atoms with E-state index in [2.05, 4.69) is 210 Å². The van der Waals surface area contributed by atoms with Crippen molar-refractivity contribution in [1.82, 2.24) is 79.7 Å². The largest absolute Gasteiger partial charge is 0.255 e. The molecule has 122 heavy (non-hydrogen) atoms. The van der Waals surface area contributed by atoms with E-state index in [1.54, 1.807) is 18.6 Å². The Morgan fingerprint density at radius 3 is 1.06 bits per heavy atom. The van der Waals surface area contributed by atoms with Crippen LogP contribution in [0.1, 0.15) is 24.0 Å². The van der Waals surface area contributed by atoms with Gasteiger partial charge in [0.15, 0.2) is 29.1 Å². The molecule has 0 N–H and O–H groups in total. The van der Waals surface area contributed by atoms with Gasteiger partial charge in [0.2, 0.25) is 0 Å². The molecule has 22 aromatic rings. The Balaban J connectivity index is 0.000000117.